The van der Waals surface area contributed by atoms with E-state index in [1.54, 1.807) is 12.3 Å². The molecule has 4 aromatic rings. The van der Waals surface area contributed by atoms with Crippen LogP contribution >= 0.6 is 11.6 Å². The zero-order valence-electron chi connectivity index (χ0n) is 16.0. The summed E-state index contributed by atoms with van der Waals surface area (Å²) in [5.41, 5.74) is 14.5. The third-order valence-corrected chi connectivity index (χ3v) is 4.90. The molecule has 0 aliphatic heterocycles. The largest absolute Gasteiger partial charge is 0.382 e. The van der Waals surface area contributed by atoms with Crippen LogP contribution in [0, 0.1) is 11.3 Å². The van der Waals surface area contributed by atoms with Gasteiger partial charge in [-0.15, -0.1) is 0 Å². The SMILES string of the molecule is CCN(c1cc2cccc(Cl)c2nc1-c1ccccn1)c1nc(N)nc(N)c1C#N. The first-order valence-corrected chi connectivity index (χ1v) is 9.52. The molecule has 3 heterocycles. The van der Waals surface area contributed by atoms with E-state index in [0.717, 1.165) is 5.39 Å². The lowest BCUT2D eigenvalue weighted by molar-refractivity contribution is 0.974. The van der Waals surface area contributed by atoms with Crippen LogP contribution < -0.4 is 16.4 Å². The maximum absolute atomic E-state index is 9.65. The molecule has 0 radical (unpaired) electrons. The predicted molar refractivity (Wildman–Crippen MR) is 118 cm³/mol. The van der Waals surface area contributed by atoms with Gasteiger partial charge in [0.1, 0.15) is 23.1 Å². The molecule has 1 aromatic carbocycles. The van der Waals surface area contributed by atoms with Crippen molar-refractivity contribution in [2.24, 2.45) is 0 Å². The molecule has 0 saturated heterocycles. The zero-order valence-corrected chi connectivity index (χ0v) is 16.8. The molecule has 0 bridgehead atoms. The van der Waals surface area contributed by atoms with Crippen LogP contribution in [0.3, 0.4) is 0 Å². The van der Waals surface area contributed by atoms with Crippen LogP contribution in [-0.4, -0.2) is 26.5 Å². The fraction of sp³-hybridized carbons (Fsp3) is 0.0952. The lowest BCUT2D eigenvalue weighted by atomic mass is 10.1. The van der Waals surface area contributed by atoms with Crippen molar-refractivity contribution in [2.45, 2.75) is 6.92 Å². The molecule has 0 unspecified atom stereocenters. The lowest BCUT2D eigenvalue weighted by Crippen LogP contribution is -2.22. The summed E-state index contributed by atoms with van der Waals surface area (Å²) >= 11 is 6.40. The van der Waals surface area contributed by atoms with Crippen molar-refractivity contribution in [3.05, 3.63) is 59.2 Å². The number of halogens is 1. The number of benzene rings is 1. The first kappa shape index (κ1) is 19.4. The van der Waals surface area contributed by atoms with Crippen molar-refractivity contribution in [3.8, 4) is 17.5 Å². The normalized spacial score (nSPS) is 10.7. The minimum Gasteiger partial charge on any atom is -0.382 e. The molecule has 0 aliphatic rings. The maximum atomic E-state index is 9.65. The molecule has 0 atom stereocenters. The molecular formula is C21H17ClN8. The summed E-state index contributed by atoms with van der Waals surface area (Å²) in [4.78, 5) is 19.3. The molecule has 0 amide bonds. The number of hydrogen-bond donors (Lipinski definition) is 2. The molecule has 4 N–H and O–H groups in total. The van der Waals surface area contributed by atoms with E-state index in [9.17, 15) is 5.26 Å². The smallest absolute Gasteiger partial charge is 0.224 e. The number of anilines is 4. The van der Waals surface area contributed by atoms with E-state index in [0.29, 0.717) is 40.0 Å². The van der Waals surface area contributed by atoms with Crippen LogP contribution in [0.4, 0.5) is 23.3 Å². The van der Waals surface area contributed by atoms with Gasteiger partial charge in [0.2, 0.25) is 5.95 Å². The Balaban J connectivity index is 2.05. The van der Waals surface area contributed by atoms with Crippen molar-refractivity contribution in [1.29, 1.82) is 5.26 Å². The number of nitrogens with zero attached hydrogens (tertiary/aromatic N) is 6. The molecule has 4 rings (SSSR count). The van der Waals surface area contributed by atoms with Crippen molar-refractivity contribution >= 4 is 45.8 Å². The molecule has 0 fully saturated rings. The highest BCUT2D eigenvalue weighted by atomic mass is 35.5. The molecule has 9 heteroatoms. The number of pyridine rings is 2. The maximum Gasteiger partial charge on any atom is 0.224 e. The van der Waals surface area contributed by atoms with Gasteiger partial charge >= 0.3 is 0 Å². The van der Waals surface area contributed by atoms with Crippen LogP contribution in [-0.2, 0) is 0 Å². The first-order chi connectivity index (χ1) is 14.5. The summed E-state index contributed by atoms with van der Waals surface area (Å²) < 4.78 is 0. The average Bonchev–Trinajstić information content (AvgIpc) is 2.74. The highest BCUT2D eigenvalue weighted by Crippen LogP contribution is 2.38. The second-order valence-corrected chi connectivity index (χ2v) is 6.81. The van der Waals surface area contributed by atoms with E-state index >= 15 is 0 Å². The summed E-state index contributed by atoms with van der Waals surface area (Å²) in [6, 6.07) is 15.1. The van der Waals surface area contributed by atoms with Gasteiger partial charge in [-0.3, -0.25) is 4.98 Å². The van der Waals surface area contributed by atoms with E-state index in [1.807, 2.05) is 48.2 Å². The second kappa shape index (κ2) is 7.81. The minimum atomic E-state index is -0.0175. The van der Waals surface area contributed by atoms with E-state index in [2.05, 4.69) is 21.0 Å². The Hall–Kier alpha value is -3.96. The van der Waals surface area contributed by atoms with Crippen LogP contribution in [0.5, 0.6) is 0 Å². The Morgan fingerprint density at radius 1 is 1.10 bits per heavy atom. The molecular weight excluding hydrogens is 400 g/mol. The summed E-state index contributed by atoms with van der Waals surface area (Å²) in [6.45, 7) is 2.40. The van der Waals surface area contributed by atoms with Crippen molar-refractivity contribution in [1.82, 2.24) is 19.9 Å². The fourth-order valence-electron chi connectivity index (χ4n) is 3.27. The quantitative estimate of drug-likeness (QED) is 0.511. The van der Waals surface area contributed by atoms with Gasteiger partial charge < -0.3 is 16.4 Å². The summed E-state index contributed by atoms with van der Waals surface area (Å²) in [6.07, 6.45) is 1.69. The number of nitrogens with two attached hydrogens (primary N) is 2. The van der Waals surface area contributed by atoms with E-state index in [1.165, 1.54) is 0 Å². The molecule has 3 aromatic heterocycles. The monoisotopic (exact) mass is 416 g/mol. The molecule has 0 saturated carbocycles. The van der Waals surface area contributed by atoms with Gasteiger partial charge in [-0.05, 0) is 31.2 Å². The average molecular weight is 417 g/mol. The Morgan fingerprint density at radius 3 is 2.63 bits per heavy atom. The number of para-hydroxylation sites is 1. The highest BCUT2D eigenvalue weighted by Gasteiger charge is 2.23. The van der Waals surface area contributed by atoms with Crippen LogP contribution in [0.1, 0.15) is 12.5 Å². The number of hydrogen-bond acceptors (Lipinski definition) is 8. The van der Waals surface area contributed by atoms with Gasteiger partial charge in [-0.1, -0.05) is 29.8 Å². The number of nitrogen functional groups attached to an aromatic ring is 2. The van der Waals surface area contributed by atoms with Crippen molar-refractivity contribution in [3.63, 3.8) is 0 Å². The van der Waals surface area contributed by atoms with Crippen LogP contribution in [0.25, 0.3) is 22.3 Å². The van der Waals surface area contributed by atoms with Gasteiger partial charge in [0.25, 0.3) is 0 Å². The summed E-state index contributed by atoms with van der Waals surface area (Å²) in [5.74, 6) is 0.316. The predicted octanol–water partition coefficient (Wildman–Crippen LogP) is 3.93. The fourth-order valence-corrected chi connectivity index (χ4v) is 3.49. The summed E-state index contributed by atoms with van der Waals surface area (Å²) in [7, 11) is 0. The van der Waals surface area contributed by atoms with Gasteiger partial charge in [0.15, 0.2) is 5.82 Å². The van der Waals surface area contributed by atoms with Gasteiger partial charge in [-0.25, -0.2) is 4.98 Å². The standard InChI is InChI=1S/C21H17ClN8/c1-2-30(20-13(11-23)19(24)28-21(25)29-20)16-10-12-6-5-7-14(22)17(12)27-18(16)15-8-3-4-9-26-15/h3-10H,2H2,1H3,(H4,24,25,28,29). The highest BCUT2D eigenvalue weighted by molar-refractivity contribution is 6.35. The molecule has 0 aliphatic carbocycles. The van der Waals surface area contributed by atoms with Gasteiger partial charge in [-0.2, -0.15) is 15.2 Å². The minimum absolute atomic E-state index is 0.0175. The van der Waals surface area contributed by atoms with Crippen LogP contribution in [0.15, 0.2) is 48.7 Å². The molecule has 8 nitrogen and oxygen atoms in total. The number of nitriles is 1. The zero-order chi connectivity index (χ0) is 21.3. The van der Waals surface area contributed by atoms with Gasteiger partial charge in [0, 0.05) is 18.1 Å². The van der Waals surface area contributed by atoms with Crippen molar-refractivity contribution in [2.75, 3.05) is 22.9 Å². The van der Waals surface area contributed by atoms with Gasteiger partial charge in [0.05, 0.1) is 21.9 Å². The van der Waals surface area contributed by atoms with E-state index < -0.39 is 0 Å². The third kappa shape index (κ3) is 3.32. The molecule has 148 valence electrons. The number of rotatable bonds is 4. The molecule has 30 heavy (non-hydrogen) atoms. The van der Waals surface area contributed by atoms with E-state index in [-0.39, 0.29) is 17.3 Å². The third-order valence-electron chi connectivity index (χ3n) is 4.59. The Labute approximate surface area is 177 Å². The second-order valence-electron chi connectivity index (χ2n) is 6.40. The topological polar surface area (TPSA) is 131 Å². The van der Waals surface area contributed by atoms with Crippen molar-refractivity contribution < 1.29 is 0 Å². The number of fused-ring (bicyclic) bond motifs is 1. The Morgan fingerprint density at radius 2 is 1.93 bits per heavy atom. The van der Waals surface area contributed by atoms with E-state index in [4.69, 9.17) is 28.1 Å². The Bertz CT molecular complexity index is 1280. The van der Waals surface area contributed by atoms with Crippen LogP contribution in [0.2, 0.25) is 5.02 Å². The number of aromatic nitrogens is 4. The first-order valence-electron chi connectivity index (χ1n) is 9.14. The lowest BCUT2D eigenvalue weighted by Gasteiger charge is -2.26. The Kier molecular flexibility index (Phi) is 5.04. The molecule has 0 spiro atoms. The summed E-state index contributed by atoms with van der Waals surface area (Å²) in [5, 5.41) is 11.0.